The summed E-state index contributed by atoms with van der Waals surface area (Å²) in [6, 6.07) is 3.10. The molecule has 0 aliphatic heterocycles. The highest BCUT2D eigenvalue weighted by molar-refractivity contribution is 9.10. The van der Waals surface area contributed by atoms with Gasteiger partial charge in [0.1, 0.15) is 0 Å². The topological polar surface area (TPSA) is 70.1 Å². The lowest BCUT2D eigenvalue weighted by atomic mass is 10.1. The molecule has 7 heteroatoms. The van der Waals surface area contributed by atoms with Crippen LogP contribution in [0, 0.1) is 13.8 Å². The number of hydrogen-bond donors (Lipinski definition) is 1. The molecule has 0 spiro atoms. The van der Waals surface area contributed by atoms with Crippen LogP contribution in [0.4, 0.5) is 5.69 Å². The number of halogens is 2. The molecule has 0 bridgehead atoms. The molecule has 1 aromatic heterocycles. The highest BCUT2D eigenvalue weighted by Crippen LogP contribution is 2.31. The number of nitrogens with two attached hydrogens (primary N) is 1. The molecule has 2 aromatic rings. The molecule has 2 rings (SSSR count). The van der Waals surface area contributed by atoms with E-state index in [-0.39, 0.29) is 5.56 Å². The van der Waals surface area contributed by atoms with Crippen LogP contribution in [0.2, 0.25) is 5.02 Å². The molecule has 0 fully saturated rings. The third kappa shape index (κ3) is 2.41. The van der Waals surface area contributed by atoms with E-state index in [1.807, 2.05) is 13.8 Å². The zero-order valence-electron chi connectivity index (χ0n) is 11.2. The number of rotatable bonds is 2. The molecule has 1 heterocycles. The molecular weight excluding hydrogens is 346 g/mol. The number of aryl methyl sites for hydroxylation is 1. The van der Waals surface area contributed by atoms with Crippen LogP contribution in [-0.2, 0) is 4.74 Å². The standard InChI is InChI=1S/C13H13BrClN3O2/c1-6-11(14)7(2)18(17-6)12-9(13(19)20-3)4-8(16)5-10(12)15/h4-5H,16H2,1-3H3. The Morgan fingerprint density at radius 1 is 1.45 bits per heavy atom. The van der Waals surface area contributed by atoms with Gasteiger partial charge < -0.3 is 10.5 Å². The van der Waals surface area contributed by atoms with E-state index in [0.717, 1.165) is 15.9 Å². The fourth-order valence-corrected chi connectivity index (χ4v) is 2.50. The molecule has 20 heavy (non-hydrogen) atoms. The summed E-state index contributed by atoms with van der Waals surface area (Å²) >= 11 is 9.69. The number of ether oxygens (including phenoxy) is 1. The van der Waals surface area contributed by atoms with Crippen LogP contribution in [0.25, 0.3) is 5.69 Å². The Kier molecular flexibility index (Phi) is 4.06. The molecule has 5 nitrogen and oxygen atoms in total. The number of aromatic nitrogens is 2. The van der Waals surface area contributed by atoms with Crippen LogP contribution >= 0.6 is 27.5 Å². The summed E-state index contributed by atoms with van der Waals surface area (Å²) in [6.07, 6.45) is 0. The summed E-state index contributed by atoms with van der Waals surface area (Å²) < 4.78 is 7.25. The monoisotopic (exact) mass is 357 g/mol. The normalized spacial score (nSPS) is 10.7. The summed E-state index contributed by atoms with van der Waals surface area (Å²) in [5.74, 6) is -0.516. The lowest BCUT2D eigenvalue weighted by molar-refractivity contribution is 0.0600. The molecule has 0 aliphatic rings. The molecule has 1 aromatic carbocycles. The molecule has 106 valence electrons. The second-order valence-corrected chi connectivity index (χ2v) is 5.49. The maximum Gasteiger partial charge on any atom is 0.340 e. The lowest BCUT2D eigenvalue weighted by Gasteiger charge is -2.13. The lowest BCUT2D eigenvalue weighted by Crippen LogP contribution is -2.11. The maximum atomic E-state index is 11.9. The number of carbonyl (C=O) groups is 1. The average Bonchev–Trinajstić information content (AvgIpc) is 2.64. The number of methoxy groups -OCH3 is 1. The largest absolute Gasteiger partial charge is 0.465 e. The Morgan fingerprint density at radius 2 is 2.10 bits per heavy atom. The number of hydrogen-bond acceptors (Lipinski definition) is 4. The fourth-order valence-electron chi connectivity index (χ4n) is 1.94. The minimum atomic E-state index is -0.516. The van der Waals surface area contributed by atoms with Crippen molar-refractivity contribution in [3.8, 4) is 5.69 Å². The average molecular weight is 359 g/mol. The van der Waals surface area contributed by atoms with Gasteiger partial charge in [-0.3, -0.25) is 0 Å². The van der Waals surface area contributed by atoms with Gasteiger partial charge in [0.25, 0.3) is 0 Å². The van der Waals surface area contributed by atoms with Crippen molar-refractivity contribution in [1.29, 1.82) is 0 Å². The minimum absolute atomic E-state index is 0.274. The molecule has 0 radical (unpaired) electrons. The van der Waals surface area contributed by atoms with E-state index in [0.29, 0.717) is 16.4 Å². The third-order valence-corrected chi connectivity index (χ3v) is 4.34. The minimum Gasteiger partial charge on any atom is -0.465 e. The molecule has 0 unspecified atom stereocenters. The smallest absolute Gasteiger partial charge is 0.340 e. The van der Waals surface area contributed by atoms with Gasteiger partial charge in [-0.1, -0.05) is 11.6 Å². The van der Waals surface area contributed by atoms with Crippen LogP contribution in [0.5, 0.6) is 0 Å². The van der Waals surface area contributed by atoms with E-state index in [2.05, 4.69) is 21.0 Å². The van der Waals surface area contributed by atoms with Crippen LogP contribution in [0.1, 0.15) is 21.7 Å². The first-order valence-corrected chi connectivity index (χ1v) is 6.93. The molecular formula is C13H13BrClN3O2. The number of anilines is 1. The van der Waals surface area contributed by atoms with Crippen LogP contribution < -0.4 is 5.73 Å². The zero-order valence-corrected chi connectivity index (χ0v) is 13.5. The predicted molar refractivity (Wildman–Crippen MR) is 81.5 cm³/mol. The predicted octanol–water partition coefficient (Wildman–Crippen LogP) is 3.27. The Bertz CT molecular complexity index is 697. The zero-order chi connectivity index (χ0) is 15.0. The molecule has 2 N–H and O–H groups in total. The van der Waals surface area contributed by atoms with Crippen molar-refractivity contribution in [2.45, 2.75) is 13.8 Å². The summed E-state index contributed by atoms with van der Waals surface area (Å²) in [5, 5.41) is 4.72. The summed E-state index contributed by atoms with van der Waals surface area (Å²) in [4.78, 5) is 11.9. The Hall–Kier alpha value is -1.53. The highest BCUT2D eigenvalue weighted by atomic mass is 79.9. The van der Waals surface area contributed by atoms with Gasteiger partial charge in [0.15, 0.2) is 0 Å². The van der Waals surface area contributed by atoms with E-state index in [4.69, 9.17) is 22.1 Å². The third-order valence-electron chi connectivity index (χ3n) is 2.91. The summed E-state index contributed by atoms with van der Waals surface area (Å²) in [7, 11) is 1.31. The van der Waals surface area contributed by atoms with E-state index < -0.39 is 5.97 Å². The van der Waals surface area contributed by atoms with Gasteiger partial charge in [-0.15, -0.1) is 0 Å². The van der Waals surface area contributed by atoms with Crippen LogP contribution in [0.15, 0.2) is 16.6 Å². The Morgan fingerprint density at radius 3 is 2.60 bits per heavy atom. The van der Waals surface area contributed by atoms with E-state index >= 15 is 0 Å². The number of nitrogen functional groups attached to an aromatic ring is 1. The van der Waals surface area contributed by atoms with Gasteiger partial charge >= 0.3 is 5.97 Å². The van der Waals surface area contributed by atoms with Crippen molar-refractivity contribution in [2.75, 3.05) is 12.8 Å². The SMILES string of the molecule is COC(=O)c1cc(N)cc(Cl)c1-n1nc(C)c(Br)c1C. The van der Waals surface area contributed by atoms with Gasteiger partial charge in [0.2, 0.25) is 0 Å². The van der Waals surface area contributed by atoms with Gasteiger partial charge in [-0.05, 0) is 41.9 Å². The fraction of sp³-hybridized carbons (Fsp3) is 0.231. The Balaban J connectivity index is 2.78. The van der Waals surface area contributed by atoms with Crippen molar-refractivity contribution in [2.24, 2.45) is 0 Å². The first kappa shape index (κ1) is 14.9. The highest BCUT2D eigenvalue weighted by Gasteiger charge is 2.21. The summed E-state index contributed by atoms with van der Waals surface area (Å²) in [5.41, 5.74) is 8.49. The number of carbonyl (C=O) groups excluding carboxylic acids is 1. The van der Waals surface area contributed by atoms with Crippen molar-refractivity contribution < 1.29 is 9.53 Å². The first-order valence-electron chi connectivity index (χ1n) is 5.76. The first-order chi connectivity index (χ1) is 9.36. The number of nitrogens with zero attached hydrogens (tertiary/aromatic N) is 2. The van der Waals surface area contributed by atoms with Crippen molar-refractivity contribution in [1.82, 2.24) is 9.78 Å². The van der Waals surface area contributed by atoms with E-state index in [9.17, 15) is 4.79 Å². The van der Waals surface area contributed by atoms with Gasteiger partial charge in [0.05, 0.1) is 39.2 Å². The van der Waals surface area contributed by atoms with E-state index in [1.54, 1.807) is 10.7 Å². The van der Waals surface area contributed by atoms with Crippen molar-refractivity contribution in [3.05, 3.63) is 38.6 Å². The molecule has 0 saturated carbocycles. The quantitative estimate of drug-likeness (QED) is 0.661. The second-order valence-electron chi connectivity index (χ2n) is 4.29. The van der Waals surface area contributed by atoms with Crippen LogP contribution in [-0.4, -0.2) is 22.9 Å². The second kappa shape index (κ2) is 5.46. The van der Waals surface area contributed by atoms with E-state index in [1.165, 1.54) is 13.2 Å². The van der Waals surface area contributed by atoms with Crippen molar-refractivity contribution >= 4 is 39.2 Å². The molecule has 0 atom stereocenters. The van der Waals surface area contributed by atoms with Gasteiger partial charge in [0, 0.05) is 5.69 Å². The van der Waals surface area contributed by atoms with Gasteiger partial charge in [-0.25, -0.2) is 9.48 Å². The molecule has 0 aliphatic carbocycles. The van der Waals surface area contributed by atoms with Crippen LogP contribution in [0.3, 0.4) is 0 Å². The maximum absolute atomic E-state index is 11.9. The molecule has 0 amide bonds. The molecule has 0 saturated heterocycles. The van der Waals surface area contributed by atoms with Crippen molar-refractivity contribution in [3.63, 3.8) is 0 Å². The number of esters is 1. The van der Waals surface area contributed by atoms with Gasteiger partial charge in [-0.2, -0.15) is 5.10 Å². The summed E-state index contributed by atoms with van der Waals surface area (Å²) in [6.45, 7) is 3.73. The number of benzene rings is 1. The Labute approximate surface area is 129 Å².